The van der Waals surface area contributed by atoms with Crippen molar-refractivity contribution in [2.45, 2.75) is 38.8 Å². The van der Waals surface area contributed by atoms with Gasteiger partial charge in [-0.05, 0) is 72.4 Å². The second-order valence-electron chi connectivity index (χ2n) is 9.68. The number of halogens is 1. The minimum Gasteiger partial charge on any atom is -0.488 e. The van der Waals surface area contributed by atoms with Crippen molar-refractivity contribution in [1.29, 1.82) is 0 Å². The number of rotatable bonds is 4. The SMILES string of the molecule is C/C(=C1/c2ccc(Cn3c(C4CC4)nc4ccccc43)cc2COc2cc(F)ccc21)c1noc(=O)[nH]1. The molecule has 1 aliphatic carbocycles. The monoisotopic (exact) mass is 494 g/mol. The van der Waals surface area contributed by atoms with Crippen molar-refractivity contribution in [3.63, 3.8) is 0 Å². The number of hydrogen-bond acceptors (Lipinski definition) is 5. The Balaban J connectivity index is 1.36. The van der Waals surface area contributed by atoms with E-state index in [1.54, 1.807) is 6.07 Å². The van der Waals surface area contributed by atoms with E-state index >= 15 is 0 Å². The van der Waals surface area contributed by atoms with Gasteiger partial charge < -0.3 is 9.30 Å². The van der Waals surface area contributed by atoms with Gasteiger partial charge in [-0.1, -0.05) is 29.4 Å². The van der Waals surface area contributed by atoms with E-state index in [4.69, 9.17) is 14.2 Å². The number of benzene rings is 3. The summed E-state index contributed by atoms with van der Waals surface area (Å²) < 4.78 is 27.3. The van der Waals surface area contributed by atoms with Gasteiger partial charge >= 0.3 is 5.76 Å². The highest BCUT2D eigenvalue weighted by molar-refractivity contribution is 5.99. The van der Waals surface area contributed by atoms with Crippen LogP contribution < -0.4 is 10.5 Å². The fraction of sp³-hybridized carbons (Fsp3) is 0.207. The van der Waals surface area contributed by atoms with E-state index in [9.17, 15) is 9.18 Å². The van der Waals surface area contributed by atoms with Gasteiger partial charge in [-0.15, -0.1) is 0 Å². The second-order valence-corrected chi connectivity index (χ2v) is 9.68. The molecule has 5 aromatic rings. The lowest BCUT2D eigenvalue weighted by Gasteiger charge is -2.15. The number of hydrogen-bond donors (Lipinski definition) is 1. The van der Waals surface area contributed by atoms with Crippen LogP contribution in [0.1, 0.15) is 59.6 Å². The Kier molecular flexibility index (Phi) is 4.89. The zero-order valence-electron chi connectivity index (χ0n) is 20.1. The van der Waals surface area contributed by atoms with Crippen LogP contribution in [-0.2, 0) is 13.2 Å². The molecule has 1 N–H and O–H groups in total. The third-order valence-electron chi connectivity index (χ3n) is 7.17. The first-order valence-corrected chi connectivity index (χ1v) is 12.3. The summed E-state index contributed by atoms with van der Waals surface area (Å²) in [7, 11) is 0. The number of imidazole rings is 1. The molecule has 0 saturated heterocycles. The largest absolute Gasteiger partial charge is 0.488 e. The van der Waals surface area contributed by atoms with E-state index < -0.39 is 5.76 Å². The van der Waals surface area contributed by atoms with Crippen molar-refractivity contribution in [1.82, 2.24) is 19.7 Å². The molecule has 1 saturated carbocycles. The molecule has 0 radical (unpaired) electrons. The zero-order chi connectivity index (χ0) is 25.1. The standard InChI is InChI=1S/C29H23FN4O3/c1-16(27-32-29(35)37-33-27)26-21-10-6-17(12-19(21)15-36-25-13-20(30)9-11-22(25)26)14-34-24-5-3-2-4-23(24)31-28(34)18-7-8-18/h2-6,9-13,18H,7-8,14-15H2,1H3,(H,32,33,35)/b26-16+. The predicted octanol–water partition coefficient (Wildman–Crippen LogP) is 5.65. The maximum Gasteiger partial charge on any atom is 0.439 e. The quantitative estimate of drug-likeness (QED) is 0.349. The van der Waals surface area contributed by atoms with Crippen molar-refractivity contribution in [3.05, 3.63) is 111 Å². The highest BCUT2D eigenvalue weighted by Crippen LogP contribution is 2.42. The minimum atomic E-state index is -0.631. The lowest BCUT2D eigenvalue weighted by atomic mass is 9.89. The molecule has 7 rings (SSSR count). The smallest absolute Gasteiger partial charge is 0.439 e. The molecule has 2 aromatic heterocycles. The van der Waals surface area contributed by atoms with Crippen LogP contribution in [-0.4, -0.2) is 19.7 Å². The van der Waals surface area contributed by atoms with E-state index in [0.717, 1.165) is 44.7 Å². The van der Waals surface area contributed by atoms with Gasteiger partial charge in [-0.2, -0.15) is 0 Å². The molecule has 2 aliphatic rings. The lowest BCUT2D eigenvalue weighted by molar-refractivity contribution is 0.305. The average Bonchev–Trinajstić information content (AvgIpc) is 3.59. The van der Waals surface area contributed by atoms with E-state index in [2.05, 4.69) is 45.0 Å². The summed E-state index contributed by atoms with van der Waals surface area (Å²) >= 11 is 0. The van der Waals surface area contributed by atoms with Crippen LogP contribution in [0.3, 0.4) is 0 Å². The zero-order valence-corrected chi connectivity index (χ0v) is 20.1. The van der Waals surface area contributed by atoms with Crippen molar-refractivity contribution in [2.24, 2.45) is 0 Å². The van der Waals surface area contributed by atoms with Crippen molar-refractivity contribution >= 4 is 22.2 Å². The topological polar surface area (TPSA) is 85.9 Å². The van der Waals surface area contributed by atoms with Crippen LogP contribution in [0.4, 0.5) is 4.39 Å². The van der Waals surface area contributed by atoms with Crippen LogP contribution >= 0.6 is 0 Å². The second kappa shape index (κ2) is 8.30. The fourth-order valence-corrected chi connectivity index (χ4v) is 5.24. The van der Waals surface area contributed by atoms with Gasteiger partial charge in [0.05, 0.1) is 11.0 Å². The molecule has 0 amide bonds. The number of ether oxygens (including phenoxy) is 1. The molecule has 0 bridgehead atoms. The Morgan fingerprint density at radius 3 is 2.76 bits per heavy atom. The maximum absolute atomic E-state index is 14.1. The lowest BCUT2D eigenvalue weighted by Crippen LogP contribution is -2.06. The first kappa shape index (κ1) is 21.8. The molecule has 7 nitrogen and oxygen atoms in total. The fourth-order valence-electron chi connectivity index (χ4n) is 5.24. The molecule has 1 aliphatic heterocycles. The summed E-state index contributed by atoms with van der Waals surface area (Å²) in [5, 5.41) is 3.89. The summed E-state index contributed by atoms with van der Waals surface area (Å²) in [6.45, 7) is 2.83. The molecule has 0 atom stereocenters. The number of allylic oxidation sites excluding steroid dienone is 1. The van der Waals surface area contributed by atoms with Crippen LogP contribution in [0.25, 0.3) is 22.2 Å². The van der Waals surface area contributed by atoms with E-state index in [1.165, 1.54) is 25.0 Å². The molecule has 3 aromatic carbocycles. The Hall–Kier alpha value is -4.46. The number of H-pyrrole nitrogens is 1. The highest BCUT2D eigenvalue weighted by Gasteiger charge is 2.30. The molecular formula is C29H23FN4O3. The van der Waals surface area contributed by atoms with Crippen LogP contribution in [0.15, 0.2) is 70.0 Å². The maximum atomic E-state index is 14.1. The van der Waals surface area contributed by atoms with Crippen LogP contribution in [0, 0.1) is 5.82 Å². The molecule has 8 heteroatoms. The average molecular weight is 495 g/mol. The summed E-state index contributed by atoms with van der Waals surface area (Å²) in [4.78, 5) is 19.2. The Bertz CT molecular complexity index is 1770. The first-order chi connectivity index (χ1) is 18.0. The van der Waals surface area contributed by atoms with Gasteiger partial charge in [0, 0.05) is 29.7 Å². The van der Waals surface area contributed by atoms with Crippen molar-refractivity contribution in [2.75, 3.05) is 0 Å². The molecule has 37 heavy (non-hydrogen) atoms. The number of aromatic amines is 1. The van der Waals surface area contributed by atoms with Gasteiger partial charge in [0.1, 0.15) is 24.0 Å². The van der Waals surface area contributed by atoms with Crippen LogP contribution in [0.2, 0.25) is 0 Å². The summed E-state index contributed by atoms with van der Waals surface area (Å²) in [6, 6.07) is 19.1. The summed E-state index contributed by atoms with van der Waals surface area (Å²) in [5.74, 6) is 1.41. The number of fused-ring (bicyclic) bond motifs is 3. The number of nitrogens with one attached hydrogen (secondary N) is 1. The predicted molar refractivity (Wildman–Crippen MR) is 137 cm³/mol. The third kappa shape index (κ3) is 3.76. The molecule has 0 spiro atoms. The van der Waals surface area contributed by atoms with E-state index in [0.29, 0.717) is 29.6 Å². The van der Waals surface area contributed by atoms with Gasteiger partial charge in [-0.25, -0.2) is 14.2 Å². The van der Waals surface area contributed by atoms with Gasteiger partial charge in [0.2, 0.25) is 0 Å². The number of nitrogens with zero attached hydrogens (tertiary/aromatic N) is 3. The molecule has 1 fully saturated rings. The molecule has 0 unspecified atom stereocenters. The molecule has 3 heterocycles. The van der Waals surface area contributed by atoms with Crippen molar-refractivity contribution < 1.29 is 13.7 Å². The Morgan fingerprint density at radius 1 is 1.11 bits per heavy atom. The van der Waals surface area contributed by atoms with Gasteiger partial charge in [0.25, 0.3) is 0 Å². The van der Waals surface area contributed by atoms with Gasteiger partial charge in [-0.3, -0.25) is 9.51 Å². The first-order valence-electron chi connectivity index (χ1n) is 12.3. The summed E-state index contributed by atoms with van der Waals surface area (Å²) in [5.41, 5.74) is 7.41. The van der Waals surface area contributed by atoms with Gasteiger partial charge in [0.15, 0.2) is 5.82 Å². The highest BCUT2D eigenvalue weighted by atomic mass is 19.1. The van der Waals surface area contributed by atoms with E-state index in [-0.39, 0.29) is 12.4 Å². The molecule has 184 valence electrons. The minimum absolute atomic E-state index is 0.284. The summed E-state index contributed by atoms with van der Waals surface area (Å²) in [6.07, 6.45) is 2.35. The van der Waals surface area contributed by atoms with Crippen molar-refractivity contribution in [3.8, 4) is 5.75 Å². The molecular weight excluding hydrogens is 471 g/mol. The Labute approximate surface area is 211 Å². The number of para-hydroxylation sites is 2. The van der Waals surface area contributed by atoms with Crippen LogP contribution in [0.5, 0.6) is 5.75 Å². The van der Waals surface area contributed by atoms with E-state index in [1.807, 2.05) is 19.1 Å². The number of aromatic nitrogens is 4. The third-order valence-corrected chi connectivity index (χ3v) is 7.17. The Morgan fingerprint density at radius 2 is 1.95 bits per heavy atom. The normalized spacial score (nSPS) is 16.2.